The number of aromatic amines is 1. The molecule has 0 unspecified atom stereocenters. The summed E-state index contributed by atoms with van der Waals surface area (Å²) in [5.41, 5.74) is 8.08. The number of halogens is 5. The number of nitrogens with zero attached hydrogens (tertiary/aromatic N) is 2. The number of amides is 1. The molecule has 2 aromatic heterocycles. The van der Waals surface area contributed by atoms with Gasteiger partial charge in [0.15, 0.2) is 11.6 Å². The minimum atomic E-state index is -1.14. The fourth-order valence-electron chi connectivity index (χ4n) is 5.72. The van der Waals surface area contributed by atoms with Crippen molar-refractivity contribution >= 4 is 22.6 Å². The number of primary amides is 1. The third kappa shape index (κ3) is 6.70. The molecule has 5 aromatic rings. The van der Waals surface area contributed by atoms with Crippen LogP contribution in [0, 0.1) is 29.1 Å². The lowest BCUT2D eigenvalue weighted by Crippen LogP contribution is -2.42. The smallest absolute Gasteiger partial charge is 0.240 e. The number of anilines is 1. The molecule has 238 valence electrons. The van der Waals surface area contributed by atoms with Crippen molar-refractivity contribution in [1.82, 2.24) is 20.3 Å². The van der Waals surface area contributed by atoms with E-state index < -0.39 is 47.0 Å². The summed E-state index contributed by atoms with van der Waals surface area (Å²) in [4.78, 5) is 24.2. The number of ether oxygens (including phenoxy) is 1. The highest BCUT2D eigenvalue weighted by Gasteiger charge is 2.31. The van der Waals surface area contributed by atoms with Crippen molar-refractivity contribution in [2.45, 2.75) is 36.9 Å². The van der Waals surface area contributed by atoms with Gasteiger partial charge in [0.1, 0.15) is 29.3 Å². The molecule has 0 spiro atoms. The third-order valence-corrected chi connectivity index (χ3v) is 8.09. The molecule has 0 aliphatic carbocycles. The zero-order valence-electron chi connectivity index (χ0n) is 24.2. The van der Waals surface area contributed by atoms with E-state index >= 15 is 4.39 Å². The monoisotopic (exact) mass is 636 g/mol. The van der Waals surface area contributed by atoms with Crippen LogP contribution in [0.25, 0.3) is 11.0 Å². The maximum atomic E-state index is 15.2. The maximum Gasteiger partial charge on any atom is 0.240 e. The van der Waals surface area contributed by atoms with Crippen molar-refractivity contribution in [2.24, 2.45) is 5.73 Å². The molecule has 5 N–H and O–H groups in total. The number of aromatic nitrogens is 3. The van der Waals surface area contributed by atoms with Crippen molar-refractivity contribution in [3.8, 4) is 0 Å². The Morgan fingerprint density at radius 1 is 0.935 bits per heavy atom. The number of pyridine rings is 1. The van der Waals surface area contributed by atoms with Crippen LogP contribution < -0.4 is 16.4 Å². The summed E-state index contributed by atoms with van der Waals surface area (Å²) in [6.45, 7) is 0.598. The highest BCUT2D eigenvalue weighted by Crippen LogP contribution is 2.32. The average molecular weight is 637 g/mol. The molecule has 1 amide bonds. The van der Waals surface area contributed by atoms with Crippen LogP contribution in [0.5, 0.6) is 0 Å². The Morgan fingerprint density at radius 2 is 1.59 bits per heavy atom. The van der Waals surface area contributed by atoms with Crippen LogP contribution >= 0.6 is 0 Å². The van der Waals surface area contributed by atoms with E-state index in [1.54, 1.807) is 0 Å². The van der Waals surface area contributed by atoms with Crippen molar-refractivity contribution in [3.05, 3.63) is 125 Å². The van der Waals surface area contributed by atoms with E-state index in [4.69, 9.17) is 10.5 Å². The lowest BCUT2D eigenvalue weighted by molar-refractivity contribution is -0.119. The normalized spacial score (nSPS) is 17.3. The molecule has 1 aliphatic rings. The fourth-order valence-corrected chi connectivity index (χ4v) is 5.72. The number of carbonyl (C=O) groups is 1. The molecular formula is C33H29F5N6O2. The number of fused-ring (bicyclic) bond motifs is 1. The Kier molecular flexibility index (Phi) is 8.95. The van der Waals surface area contributed by atoms with Crippen molar-refractivity contribution in [1.29, 1.82) is 0 Å². The minimum Gasteiger partial charge on any atom is -0.375 e. The molecule has 0 saturated carbocycles. The van der Waals surface area contributed by atoms with Gasteiger partial charge in [0.2, 0.25) is 5.91 Å². The standard InChI is InChI=1S/C33H29F5N6O2/c34-19-5-1-17(2-6-19)30(18-3-7-20(35)8-4-18)31(32(39)45)42-28-15-40-14-25(38)22(28)10-9-21-13-41-29(16-46-21)33-43-26-11-23(36)24(37)12-27(26)44-33/h1-8,11-12,14-15,21,29-31,41-42H,9-10,13,16H2,(H2,39,45)(H,43,44)/t21-,29+,31+/m1/s1. The summed E-state index contributed by atoms with van der Waals surface area (Å²) < 4.78 is 76.0. The van der Waals surface area contributed by atoms with Crippen molar-refractivity contribution in [2.75, 3.05) is 18.5 Å². The van der Waals surface area contributed by atoms with E-state index in [-0.39, 0.29) is 36.4 Å². The second-order valence-corrected chi connectivity index (χ2v) is 11.1. The van der Waals surface area contributed by atoms with E-state index in [2.05, 4.69) is 25.6 Å². The van der Waals surface area contributed by atoms with E-state index in [0.717, 1.165) is 18.3 Å². The number of nitrogens with two attached hydrogens (primary N) is 1. The number of nitrogens with one attached hydrogen (secondary N) is 3. The molecule has 3 heterocycles. The largest absolute Gasteiger partial charge is 0.375 e. The van der Waals surface area contributed by atoms with Crippen LogP contribution in [0.15, 0.2) is 73.1 Å². The first-order chi connectivity index (χ1) is 22.2. The molecule has 1 fully saturated rings. The Bertz CT molecular complexity index is 1760. The Morgan fingerprint density at radius 3 is 2.20 bits per heavy atom. The Balaban J connectivity index is 1.17. The van der Waals surface area contributed by atoms with Gasteiger partial charge in [-0.05, 0) is 48.2 Å². The zero-order chi connectivity index (χ0) is 32.4. The SMILES string of the molecule is NC(=O)[C@@H](Nc1cncc(F)c1CC[C@@H]1CN[C@H](c2nc3cc(F)c(F)cc3[nH]2)CO1)C(c1ccc(F)cc1)c1ccc(F)cc1. The number of hydrogen-bond acceptors (Lipinski definition) is 6. The second kappa shape index (κ2) is 13.2. The molecule has 13 heteroatoms. The van der Waals surface area contributed by atoms with Gasteiger partial charge in [0.25, 0.3) is 0 Å². The molecule has 1 saturated heterocycles. The van der Waals surface area contributed by atoms with Gasteiger partial charge in [-0.15, -0.1) is 0 Å². The van der Waals surface area contributed by atoms with Crippen LogP contribution in [-0.2, 0) is 16.0 Å². The van der Waals surface area contributed by atoms with E-state index in [0.29, 0.717) is 41.0 Å². The summed E-state index contributed by atoms with van der Waals surface area (Å²) in [7, 11) is 0. The minimum absolute atomic E-state index is 0.208. The van der Waals surface area contributed by atoms with Crippen LogP contribution in [0.2, 0.25) is 0 Å². The average Bonchev–Trinajstić information content (AvgIpc) is 3.45. The molecule has 0 radical (unpaired) electrons. The van der Waals surface area contributed by atoms with Gasteiger partial charge in [-0.1, -0.05) is 24.3 Å². The van der Waals surface area contributed by atoms with E-state index in [9.17, 15) is 22.4 Å². The molecule has 1 aliphatic heterocycles. The molecule has 3 aromatic carbocycles. The quantitative estimate of drug-likeness (QED) is 0.152. The predicted molar refractivity (Wildman–Crippen MR) is 160 cm³/mol. The predicted octanol–water partition coefficient (Wildman–Crippen LogP) is 5.41. The number of benzene rings is 3. The van der Waals surface area contributed by atoms with Crippen LogP contribution in [-0.4, -0.2) is 46.2 Å². The first kappa shape index (κ1) is 31.1. The molecule has 8 nitrogen and oxygen atoms in total. The summed E-state index contributed by atoms with van der Waals surface area (Å²) in [6, 6.07) is 11.6. The van der Waals surface area contributed by atoms with Gasteiger partial charge in [-0.25, -0.2) is 26.9 Å². The number of morpholine rings is 1. The van der Waals surface area contributed by atoms with Gasteiger partial charge < -0.3 is 26.1 Å². The number of rotatable bonds is 10. The van der Waals surface area contributed by atoms with Crippen LogP contribution in [0.1, 0.15) is 40.9 Å². The summed E-state index contributed by atoms with van der Waals surface area (Å²) in [5.74, 6) is -4.58. The number of imidazole rings is 1. The number of hydrogen-bond donors (Lipinski definition) is 4. The van der Waals surface area contributed by atoms with Gasteiger partial charge in [0.05, 0.1) is 47.9 Å². The van der Waals surface area contributed by atoms with Crippen molar-refractivity contribution in [3.63, 3.8) is 0 Å². The highest BCUT2D eigenvalue weighted by atomic mass is 19.2. The Labute approximate surface area is 260 Å². The lowest BCUT2D eigenvalue weighted by atomic mass is 9.84. The molecule has 0 bridgehead atoms. The van der Waals surface area contributed by atoms with Gasteiger partial charge in [0, 0.05) is 30.2 Å². The lowest BCUT2D eigenvalue weighted by Gasteiger charge is -2.30. The summed E-state index contributed by atoms with van der Waals surface area (Å²) in [6.07, 6.45) is 2.76. The number of H-pyrrole nitrogens is 1. The first-order valence-corrected chi connectivity index (χ1v) is 14.5. The van der Waals surface area contributed by atoms with Crippen molar-refractivity contribution < 1.29 is 31.5 Å². The summed E-state index contributed by atoms with van der Waals surface area (Å²) in [5, 5.41) is 6.37. The third-order valence-electron chi connectivity index (χ3n) is 8.09. The molecular weight excluding hydrogens is 607 g/mol. The zero-order valence-corrected chi connectivity index (χ0v) is 24.2. The number of carbonyl (C=O) groups excluding carboxylic acids is 1. The van der Waals surface area contributed by atoms with E-state index in [1.807, 2.05) is 0 Å². The van der Waals surface area contributed by atoms with Crippen LogP contribution in [0.3, 0.4) is 0 Å². The topological polar surface area (TPSA) is 118 Å². The first-order valence-electron chi connectivity index (χ1n) is 14.5. The fraction of sp³-hybridized carbons (Fsp3) is 0.242. The molecule has 3 atom stereocenters. The van der Waals surface area contributed by atoms with Gasteiger partial charge in [-0.2, -0.15) is 0 Å². The molecule has 6 rings (SSSR count). The van der Waals surface area contributed by atoms with Gasteiger partial charge in [-0.3, -0.25) is 9.78 Å². The van der Waals surface area contributed by atoms with E-state index in [1.165, 1.54) is 54.7 Å². The maximum absolute atomic E-state index is 15.2. The van der Waals surface area contributed by atoms with Gasteiger partial charge >= 0.3 is 0 Å². The highest BCUT2D eigenvalue weighted by molar-refractivity contribution is 5.85. The second-order valence-electron chi connectivity index (χ2n) is 11.1. The summed E-state index contributed by atoms with van der Waals surface area (Å²) >= 11 is 0. The Hall–Kier alpha value is -4.88. The molecule has 46 heavy (non-hydrogen) atoms. The van der Waals surface area contributed by atoms with Crippen LogP contribution in [0.4, 0.5) is 27.6 Å².